The van der Waals surface area contributed by atoms with Gasteiger partial charge in [-0.3, -0.25) is 9.69 Å². The van der Waals surface area contributed by atoms with Crippen LogP contribution < -0.4 is 4.90 Å². The summed E-state index contributed by atoms with van der Waals surface area (Å²) >= 11 is 0. The lowest BCUT2D eigenvalue weighted by Gasteiger charge is -2.18. The van der Waals surface area contributed by atoms with Gasteiger partial charge in [0.15, 0.2) is 0 Å². The number of hydrogen-bond donors (Lipinski definition) is 0. The van der Waals surface area contributed by atoms with Crippen molar-refractivity contribution in [2.45, 2.75) is 13.3 Å². The first-order chi connectivity index (χ1) is 6.70. The first kappa shape index (κ1) is 9.00. The number of hydrogen-bond acceptors (Lipinski definition) is 1. The second kappa shape index (κ2) is 3.29. The Morgan fingerprint density at radius 3 is 2.50 bits per heavy atom. The van der Waals surface area contributed by atoms with Crippen molar-refractivity contribution in [2.24, 2.45) is 5.92 Å². The standard InChI is InChI=1S/C12H13NO/c1-9-8-12(14)13(10(9)2)11-6-4-3-5-7-11/h3-7,9H,2,8H2,1H3. The van der Waals surface area contributed by atoms with E-state index in [1.165, 1.54) is 0 Å². The number of para-hydroxylation sites is 1. The van der Waals surface area contributed by atoms with E-state index in [1.807, 2.05) is 37.3 Å². The molecule has 14 heavy (non-hydrogen) atoms. The van der Waals surface area contributed by atoms with Gasteiger partial charge in [-0.1, -0.05) is 31.7 Å². The first-order valence-corrected chi connectivity index (χ1v) is 4.77. The predicted octanol–water partition coefficient (Wildman–Crippen LogP) is 2.57. The first-order valence-electron chi connectivity index (χ1n) is 4.77. The van der Waals surface area contributed by atoms with Gasteiger partial charge in [0, 0.05) is 23.7 Å². The van der Waals surface area contributed by atoms with Crippen molar-refractivity contribution < 1.29 is 4.79 Å². The molecule has 0 bridgehead atoms. The Balaban J connectivity index is 2.36. The highest BCUT2D eigenvalue weighted by Crippen LogP contribution is 2.31. The summed E-state index contributed by atoms with van der Waals surface area (Å²) < 4.78 is 0. The molecular formula is C12H13NO. The van der Waals surface area contributed by atoms with Crippen LogP contribution in [0.3, 0.4) is 0 Å². The van der Waals surface area contributed by atoms with Gasteiger partial charge in [0.1, 0.15) is 0 Å². The Morgan fingerprint density at radius 2 is 2.00 bits per heavy atom. The number of carbonyl (C=O) groups is 1. The van der Waals surface area contributed by atoms with Crippen molar-refractivity contribution >= 4 is 11.6 Å². The SMILES string of the molecule is C=C1C(C)CC(=O)N1c1ccccc1. The third-order valence-electron chi connectivity index (χ3n) is 2.60. The van der Waals surface area contributed by atoms with Crippen molar-refractivity contribution in [1.29, 1.82) is 0 Å². The Hall–Kier alpha value is -1.57. The molecule has 0 N–H and O–H groups in total. The van der Waals surface area contributed by atoms with E-state index < -0.39 is 0 Å². The van der Waals surface area contributed by atoms with Crippen molar-refractivity contribution in [3.8, 4) is 0 Å². The third-order valence-corrected chi connectivity index (χ3v) is 2.60. The van der Waals surface area contributed by atoms with Crippen LogP contribution >= 0.6 is 0 Å². The number of benzene rings is 1. The highest BCUT2D eigenvalue weighted by atomic mass is 16.2. The Bertz CT molecular complexity index is 369. The number of nitrogens with zero attached hydrogens (tertiary/aromatic N) is 1. The van der Waals surface area contributed by atoms with Gasteiger partial charge in [-0.2, -0.15) is 0 Å². The third kappa shape index (κ3) is 1.33. The molecule has 0 aromatic heterocycles. The molecule has 0 saturated carbocycles. The van der Waals surface area contributed by atoms with E-state index in [1.54, 1.807) is 4.90 Å². The zero-order chi connectivity index (χ0) is 10.1. The van der Waals surface area contributed by atoms with Gasteiger partial charge in [-0.05, 0) is 12.1 Å². The zero-order valence-electron chi connectivity index (χ0n) is 8.23. The normalized spacial score (nSPS) is 21.8. The monoisotopic (exact) mass is 187 g/mol. The second-order valence-corrected chi connectivity index (χ2v) is 3.66. The molecule has 2 nitrogen and oxygen atoms in total. The molecular weight excluding hydrogens is 174 g/mol. The summed E-state index contributed by atoms with van der Waals surface area (Å²) in [5.74, 6) is 0.413. The molecule has 0 aliphatic carbocycles. The topological polar surface area (TPSA) is 20.3 Å². The van der Waals surface area contributed by atoms with Crippen LogP contribution in [0.25, 0.3) is 0 Å². The maximum absolute atomic E-state index is 11.7. The average Bonchev–Trinajstić information content (AvgIpc) is 2.43. The smallest absolute Gasteiger partial charge is 0.231 e. The van der Waals surface area contributed by atoms with Crippen molar-refractivity contribution in [2.75, 3.05) is 4.90 Å². The molecule has 1 unspecified atom stereocenters. The van der Waals surface area contributed by atoms with Crippen LogP contribution in [0.15, 0.2) is 42.6 Å². The fraction of sp³-hybridized carbons (Fsp3) is 0.250. The van der Waals surface area contributed by atoms with Gasteiger partial charge in [0.25, 0.3) is 0 Å². The molecule has 2 heteroatoms. The highest BCUT2D eigenvalue weighted by molar-refractivity contribution is 5.99. The minimum atomic E-state index is 0.147. The van der Waals surface area contributed by atoms with Crippen molar-refractivity contribution in [3.05, 3.63) is 42.6 Å². The summed E-state index contributed by atoms with van der Waals surface area (Å²) in [6, 6.07) is 9.66. The second-order valence-electron chi connectivity index (χ2n) is 3.66. The van der Waals surface area contributed by atoms with Gasteiger partial charge >= 0.3 is 0 Å². The van der Waals surface area contributed by atoms with Crippen LogP contribution in [0.4, 0.5) is 5.69 Å². The summed E-state index contributed by atoms with van der Waals surface area (Å²) in [4.78, 5) is 13.4. The van der Waals surface area contributed by atoms with Crippen LogP contribution in [-0.4, -0.2) is 5.91 Å². The summed E-state index contributed by atoms with van der Waals surface area (Å²) in [6.45, 7) is 5.98. The van der Waals surface area contributed by atoms with E-state index >= 15 is 0 Å². The van der Waals surface area contributed by atoms with E-state index in [0.717, 1.165) is 11.4 Å². The van der Waals surface area contributed by atoms with Crippen LogP contribution in [-0.2, 0) is 4.79 Å². The van der Waals surface area contributed by atoms with Gasteiger partial charge in [0.2, 0.25) is 5.91 Å². The maximum Gasteiger partial charge on any atom is 0.231 e. The minimum Gasteiger partial charge on any atom is -0.285 e. The van der Waals surface area contributed by atoms with Gasteiger partial charge in [-0.25, -0.2) is 0 Å². The van der Waals surface area contributed by atoms with Gasteiger partial charge in [-0.15, -0.1) is 0 Å². The van der Waals surface area contributed by atoms with E-state index in [0.29, 0.717) is 6.42 Å². The van der Waals surface area contributed by atoms with E-state index in [2.05, 4.69) is 6.58 Å². The largest absolute Gasteiger partial charge is 0.285 e. The molecule has 1 heterocycles. The van der Waals surface area contributed by atoms with E-state index in [4.69, 9.17) is 0 Å². The molecule has 1 aromatic carbocycles. The summed E-state index contributed by atoms with van der Waals surface area (Å²) in [5, 5.41) is 0. The predicted molar refractivity (Wildman–Crippen MR) is 56.8 cm³/mol. The molecule has 1 aliphatic heterocycles. The van der Waals surface area contributed by atoms with Crippen LogP contribution in [0.5, 0.6) is 0 Å². The number of allylic oxidation sites excluding steroid dienone is 1. The molecule has 1 aromatic rings. The number of anilines is 1. The van der Waals surface area contributed by atoms with Crippen molar-refractivity contribution in [1.82, 2.24) is 0 Å². The van der Waals surface area contributed by atoms with Gasteiger partial charge in [0.05, 0.1) is 0 Å². The fourth-order valence-corrected chi connectivity index (χ4v) is 1.74. The van der Waals surface area contributed by atoms with E-state index in [-0.39, 0.29) is 11.8 Å². The summed E-state index contributed by atoms with van der Waals surface area (Å²) in [6.07, 6.45) is 0.577. The van der Waals surface area contributed by atoms with Crippen molar-refractivity contribution in [3.63, 3.8) is 0 Å². The number of carbonyl (C=O) groups excluding carboxylic acids is 1. The average molecular weight is 187 g/mol. The molecule has 1 fully saturated rings. The molecule has 1 saturated heterocycles. The number of amides is 1. The zero-order valence-corrected chi connectivity index (χ0v) is 8.23. The number of rotatable bonds is 1. The molecule has 0 spiro atoms. The quantitative estimate of drug-likeness (QED) is 0.661. The van der Waals surface area contributed by atoms with Gasteiger partial charge < -0.3 is 0 Å². The molecule has 2 rings (SSSR count). The highest BCUT2D eigenvalue weighted by Gasteiger charge is 2.31. The summed E-state index contributed by atoms with van der Waals surface area (Å²) in [7, 11) is 0. The lowest BCUT2D eigenvalue weighted by Crippen LogP contribution is -2.21. The van der Waals surface area contributed by atoms with E-state index in [9.17, 15) is 4.79 Å². The fourth-order valence-electron chi connectivity index (χ4n) is 1.74. The molecule has 1 amide bonds. The molecule has 0 radical (unpaired) electrons. The molecule has 1 atom stereocenters. The minimum absolute atomic E-state index is 0.147. The lowest BCUT2D eigenvalue weighted by atomic mass is 10.1. The van der Waals surface area contributed by atoms with Crippen LogP contribution in [0.1, 0.15) is 13.3 Å². The molecule has 1 aliphatic rings. The Kier molecular flexibility index (Phi) is 2.12. The summed E-state index contributed by atoms with van der Waals surface area (Å²) in [5.41, 5.74) is 1.83. The Morgan fingerprint density at radius 1 is 1.36 bits per heavy atom. The Labute approximate surface area is 83.8 Å². The van der Waals surface area contributed by atoms with Crippen LogP contribution in [0.2, 0.25) is 0 Å². The lowest BCUT2D eigenvalue weighted by molar-refractivity contribution is -0.117. The molecule has 72 valence electrons. The maximum atomic E-state index is 11.7. The van der Waals surface area contributed by atoms with Crippen LogP contribution in [0, 0.1) is 5.92 Å².